The third-order valence-electron chi connectivity index (χ3n) is 5.98. The summed E-state index contributed by atoms with van der Waals surface area (Å²) in [6.45, 7) is 3.38. The highest BCUT2D eigenvalue weighted by molar-refractivity contribution is 7.52. The van der Waals surface area contributed by atoms with Gasteiger partial charge in [-0.2, -0.15) is 10.1 Å². The second-order valence-corrected chi connectivity index (χ2v) is 11.5. The topological polar surface area (TPSA) is 162 Å². The van der Waals surface area contributed by atoms with Crippen LogP contribution in [0.15, 0.2) is 58.6 Å². The predicted molar refractivity (Wildman–Crippen MR) is 158 cm³/mol. The van der Waals surface area contributed by atoms with Crippen LogP contribution in [-0.2, 0) is 30.1 Å². The number of imidazole rings is 1. The summed E-state index contributed by atoms with van der Waals surface area (Å²) in [6, 6.07) is 11.9. The molecule has 1 unspecified atom stereocenters. The third kappa shape index (κ3) is 7.59. The van der Waals surface area contributed by atoms with Crippen molar-refractivity contribution in [3.63, 3.8) is 0 Å². The fourth-order valence-electron chi connectivity index (χ4n) is 3.91. The van der Waals surface area contributed by atoms with Crippen LogP contribution in [0.3, 0.4) is 0 Å². The highest BCUT2D eigenvalue weighted by atomic mass is 31.2. The number of fused-ring (bicyclic) bond motifs is 2. The smallest absolute Gasteiger partial charge is 0.459 e. The summed E-state index contributed by atoms with van der Waals surface area (Å²) >= 11 is 0. The van der Waals surface area contributed by atoms with Crippen LogP contribution in [0.4, 0.5) is 5.95 Å². The van der Waals surface area contributed by atoms with Crippen molar-refractivity contribution in [2.24, 2.45) is 10.9 Å². The van der Waals surface area contributed by atoms with Crippen molar-refractivity contribution in [3.05, 3.63) is 59.1 Å². The number of aliphatic imine (C=N–C) groups is 1. The number of aromatic amines is 1. The minimum absolute atomic E-state index is 0.0103. The Bertz CT molecular complexity index is 1660. The largest absolute Gasteiger partial charge is 0.468 e. The number of aromatic nitrogens is 4. The molecule has 4 rings (SSSR count). The van der Waals surface area contributed by atoms with Crippen LogP contribution in [0.5, 0.6) is 5.75 Å². The molecule has 4 aromatic rings. The van der Waals surface area contributed by atoms with Gasteiger partial charge in [0.05, 0.1) is 33.0 Å². The molecular formula is C27H34N7O7P. The molecule has 0 aliphatic rings. The van der Waals surface area contributed by atoms with Crippen molar-refractivity contribution in [2.75, 3.05) is 34.4 Å². The lowest BCUT2D eigenvalue weighted by molar-refractivity contribution is -0.143. The number of nitrogens with one attached hydrogen (secondary N) is 2. The number of esters is 1. The lowest BCUT2D eigenvalue weighted by atomic mass is 10.1. The monoisotopic (exact) mass is 599 g/mol. The Hall–Kier alpha value is -4.10. The Balaban J connectivity index is 1.47. The van der Waals surface area contributed by atoms with Gasteiger partial charge in [-0.05, 0) is 17.4 Å². The maximum absolute atomic E-state index is 14.0. The molecule has 0 radical (unpaired) electrons. The average molecular weight is 600 g/mol. The van der Waals surface area contributed by atoms with Gasteiger partial charge in [-0.1, -0.05) is 50.2 Å². The molecule has 0 amide bonds. The fourth-order valence-corrected chi connectivity index (χ4v) is 5.57. The van der Waals surface area contributed by atoms with E-state index in [1.165, 1.54) is 24.3 Å². The first-order valence-electron chi connectivity index (χ1n) is 13.1. The first kappa shape index (κ1) is 30.8. The number of H-pyrrole nitrogens is 1. The highest BCUT2D eigenvalue weighted by Crippen LogP contribution is 2.47. The number of hydrogen-bond acceptors (Lipinski definition) is 10. The Kier molecular flexibility index (Phi) is 10.1. The number of ether oxygens (including phenoxy) is 2. The number of carbonyl (C=O) groups is 1. The van der Waals surface area contributed by atoms with Gasteiger partial charge in [0.1, 0.15) is 18.5 Å². The normalized spacial score (nSPS) is 14.0. The maximum Gasteiger partial charge on any atom is 0.459 e. The van der Waals surface area contributed by atoms with Crippen molar-refractivity contribution in [3.8, 4) is 5.75 Å². The van der Waals surface area contributed by atoms with E-state index in [1.807, 2.05) is 30.3 Å². The Labute approximate surface area is 242 Å². The zero-order valence-electron chi connectivity index (χ0n) is 24.0. The Morgan fingerprint density at radius 3 is 2.69 bits per heavy atom. The molecule has 2 heterocycles. The zero-order chi connectivity index (χ0) is 30.3. The van der Waals surface area contributed by atoms with Crippen molar-refractivity contribution in [1.82, 2.24) is 29.5 Å². The maximum atomic E-state index is 14.0. The van der Waals surface area contributed by atoms with Gasteiger partial charge in [-0.3, -0.25) is 23.7 Å². The summed E-state index contributed by atoms with van der Waals surface area (Å²) < 4.78 is 37.8. The standard InChI is InChI=1S/C27H34N7O7P/c1-18(2)22(26(36)38-5)32-42(37,41-21-12-8-10-19-9-6-7-11-20(19)21)40-14-13-39-17-34-16-28-23-24(34)30-27(31-25(23)35)29-15-33(3)4/h6-12,15-16,18,22H,13-14,17H2,1-5H3,(H,32,37)(H,30,31,35)/t22-,42?/m0/s1. The van der Waals surface area contributed by atoms with Crippen molar-refractivity contribution in [2.45, 2.75) is 26.6 Å². The van der Waals surface area contributed by atoms with Gasteiger partial charge in [-0.25, -0.2) is 14.5 Å². The summed E-state index contributed by atoms with van der Waals surface area (Å²) in [5, 5.41) is 4.37. The summed E-state index contributed by atoms with van der Waals surface area (Å²) in [4.78, 5) is 41.7. The second-order valence-electron chi connectivity index (χ2n) is 9.79. The van der Waals surface area contributed by atoms with Crippen molar-refractivity contribution in [1.29, 1.82) is 0 Å². The molecule has 2 atom stereocenters. The fraction of sp³-hybridized carbons (Fsp3) is 0.370. The van der Waals surface area contributed by atoms with E-state index in [0.29, 0.717) is 5.75 Å². The van der Waals surface area contributed by atoms with Gasteiger partial charge in [0, 0.05) is 19.5 Å². The van der Waals surface area contributed by atoms with Crippen LogP contribution in [-0.4, -0.2) is 77.2 Å². The highest BCUT2D eigenvalue weighted by Gasteiger charge is 2.36. The number of hydrogen-bond donors (Lipinski definition) is 2. The summed E-state index contributed by atoms with van der Waals surface area (Å²) in [6.07, 6.45) is 2.93. The van der Waals surface area contributed by atoms with Crippen LogP contribution in [0, 0.1) is 5.92 Å². The van der Waals surface area contributed by atoms with Crippen LogP contribution in [0.25, 0.3) is 21.9 Å². The number of methoxy groups -OCH3 is 1. The minimum atomic E-state index is -4.12. The SMILES string of the molecule is COC(=O)[C@@H](NP(=O)(OCCOCn1cnc2c(=O)[nH]c(N=CN(C)C)nc21)Oc1cccc2ccccc12)C(C)C. The van der Waals surface area contributed by atoms with Crippen LogP contribution in [0.1, 0.15) is 13.8 Å². The summed E-state index contributed by atoms with van der Waals surface area (Å²) in [5.41, 5.74) is -0.00988. The van der Waals surface area contributed by atoms with E-state index in [9.17, 15) is 14.2 Å². The molecule has 2 N–H and O–H groups in total. The number of rotatable bonds is 14. The van der Waals surface area contributed by atoms with Gasteiger partial charge in [0.15, 0.2) is 11.2 Å². The van der Waals surface area contributed by atoms with E-state index >= 15 is 0 Å². The molecule has 2 aromatic heterocycles. The number of nitrogens with zero attached hydrogens (tertiary/aromatic N) is 5. The molecular weight excluding hydrogens is 565 g/mol. The molecule has 0 bridgehead atoms. The molecule has 0 aliphatic carbocycles. The minimum Gasteiger partial charge on any atom is -0.468 e. The molecule has 0 saturated carbocycles. The molecule has 2 aromatic carbocycles. The van der Waals surface area contributed by atoms with E-state index in [2.05, 4.69) is 25.0 Å². The van der Waals surface area contributed by atoms with E-state index in [4.69, 9.17) is 18.5 Å². The molecule has 14 nitrogen and oxygen atoms in total. The predicted octanol–water partition coefficient (Wildman–Crippen LogP) is 3.46. The lowest BCUT2D eigenvalue weighted by Crippen LogP contribution is -2.41. The van der Waals surface area contributed by atoms with Crippen LogP contribution >= 0.6 is 7.75 Å². The van der Waals surface area contributed by atoms with E-state index in [1.54, 1.807) is 45.0 Å². The van der Waals surface area contributed by atoms with Crippen LogP contribution < -0.4 is 15.2 Å². The first-order valence-corrected chi connectivity index (χ1v) is 14.7. The van der Waals surface area contributed by atoms with Crippen LogP contribution in [0.2, 0.25) is 0 Å². The average Bonchev–Trinajstić information content (AvgIpc) is 3.37. The van der Waals surface area contributed by atoms with Gasteiger partial charge < -0.3 is 18.9 Å². The first-order chi connectivity index (χ1) is 20.1. The molecule has 0 saturated heterocycles. The Morgan fingerprint density at radius 1 is 1.19 bits per heavy atom. The molecule has 15 heteroatoms. The van der Waals surface area contributed by atoms with Gasteiger partial charge >= 0.3 is 13.7 Å². The van der Waals surface area contributed by atoms with E-state index < -0.39 is 25.3 Å². The molecule has 0 spiro atoms. The quantitative estimate of drug-likeness (QED) is 0.0718. The molecule has 42 heavy (non-hydrogen) atoms. The molecule has 224 valence electrons. The zero-order valence-corrected chi connectivity index (χ0v) is 24.9. The van der Waals surface area contributed by atoms with Crippen molar-refractivity contribution >= 4 is 47.9 Å². The van der Waals surface area contributed by atoms with E-state index in [-0.39, 0.29) is 43.0 Å². The summed E-state index contributed by atoms with van der Waals surface area (Å²) in [7, 11) is 0.720. The molecule has 0 fully saturated rings. The van der Waals surface area contributed by atoms with Crippen molar-refractivity contribution < 1.29 is 27.9 Å². The van der Waals surface area contributed by atoms with Gasteiger partial charge in [0.2, 0.25) is 5.95 Å². The third-order valence-corrected chi connectivity index (χ3v) is 7.53. The molecule has 0 aliphatic heterocycles. The second kappa shape index (κ2) is 13.7. The lowest BCUT2D eigenvalue weighted by Gasteiger charge is -2.26. The van der Waals surface area contributed by atoms with E-state index in [0.717, 1.165) is 10.8 Å². The Morgan fingerprint density at radius 2 is 1.95 bits per heavy atom. The van der Waals surface area contributed by atoms with Gasteiger partial charge in [0.25, 0.3) is 5.56 Å². The number of carbonyl (C=O) groups excluding carboxylic acids is 1. The number of benzene rings is 2. The van der Waals surface area contributed by atoms with Gasteiger partial charge in [-0.15, -0.1) is 0 Å². The summed E-state index contributed by atoms with van der Waals surface area (Å²) in [5.74, 6) is -0.436.